The summed E-state index contributed by atoms with van der Waals surface area (Å²) in [6.45, 7) is 0.623. The molecule has 0 spiro atoms. The summed E-state index contributed by atoms with van der Waals surface area (Å²) in [4.78, 5) is 0. The van der Waals surface area contributed by atoms with Crippen LogP contribution in [0.4, 0.5) is 74.6 Å². The van der Waals surface area contributed by atoms with Crippen molar-refractivity contribution >= 4 is 8.32 Å². The molecule has 0 bridgehead atoms. The summed E-state index contributed by atoms with van der Waals surface area (Å²) in [5.41, 5.74) is 0. The normalized spacial score (nSPS) is 16.2. The molecule has 0 atom stereocenters. The van der Waals surface area contributed by atoms with Gasteiger partial charge in [-0.2, -0.15) is 74.6 Å². The van der Waals surface area contributed by atoms with Crippen LogP contribution in [0, 0.1) is 0 Å². The molecule has 0 unspecified atom stereocenters. The van der Waals surface area contributed by atoms with E-state index in [1.807, 2.05) is 0 Å². The van der Waals surface area contributed by atoms with E-state index in [1.54, 1.807) is 0 Å². The first-order valence-electron chi connectivity index (χ1n) is 8.48. The molecule has 0 aromatic heterocycles. The third-order valence-electron chi connectivity index (χ3n) is 4.41. The monoisotopic (exact) mass is 566 g/mol. The SMILES string of the molecule is C[Si](C)(CCC(F)(F)C(F)(F)C(F)(F)C(F)(F)C(F)(F)C(F)(F)C(F)(F)C(F)(F)F)OCCO. The maximum atomic E-state index is 13.8. The average Bonchev–Trinajstić information content (AvgIpc) is 2.63. The van der Waals surface area contributed by atoms with Crippen LogP contribution in [-0.4, -0.2) is 74.3 Å². The number of aliphatic hydroxyl groups is 1. The molecule has 0 heterocycles. The molecule has 2 nitrogen and oxygen atoms in total. The van der Waals surface area contributed by atoms with Crippen LogP contribution in [0.2, 0.25) is 19.1 Å². The molecule has 0 fully saturated rings. The fourth-order valence-electron chi connectivity index (χ4n) is 2.21. The molecule has 0 aliphatic carbocycles. The van der Waals surface area contributed by atoms with E-state index >= 15 is 0 Å². The molecule has 206 valence electrons. The van der Waals surface area contributed by atoms with Gasteiger partial charge in [-0.15, -0.1) is 0 Å². The lowest BCUT2D eigenvalue weighted by Gasteiger charge is -2.43. The van der Waals surface area contributed by atoms with Gasteiger partial charge in [-0.3, -0.25) is 0 Å². The summed E-state index contributed by atoms with van der Waals surface area (Å²) in [5, 5.41) is 8.52. The van der Waals surface area contributed by atoms with Crippen molar-refractivity contribution in [3.8, 4) is 0 Å². The molecule has 0 amide bonds. The molecule has 1 N–H and O–H groups in total. The maximum Gasteiger partial charge on any atom is 0.460 e. The highest BCUT2D eigenvalue weighted by Crippen LogP contribution is 2.64. The fourth-order valence-corrected chi connectivity index (χ4v) is 3.91. The number of aliphatic hydroxyl groups excluding tert-OH is 1. The summed E-state index contributed by atoms with van der Waals surface area (Å²) in [6.07, 6.45) is -10.3. The maximum absolute atomic E-state index is 13.8. The van der Waals surface area contributed by atoms with Gasteiger partial charge in [0, 0.05) is 6.42 Å². The van der Waals surface area contributed by atoms with Crippen LogP contribution in [0.3, 0.4) is 0 Å². The molecular formula is C14H15F17O2Si. The standard InChI is InChI=1S/C14H15F17O2Si/c1-34(2,33-5-4-32)6-3-7(15,16)8(17,18)9(19,20)10(21,22)11(23,24)12(25,26)13(27,28)14(29,30)31/h32H,3-6H2,1-2H3. The molecular weight excluding hydrogens is 551 g/mol. The second-order valence-electron chi connectivity index (χ2n) is 7.48. The van der Waals surface area contributed by atoms with E-state index in [2.05, 4.69) is 0 Å². The highest BCUT2D eigenvalue weighted by Gasteiger charge is 2.95. The molecule has 0 rings (SSSR count). The van der Waals surface area contributed by atoms with Crippen molar-refractivity contribution in [3.63, 3.8) is 0 Å². The molecule has 0 aliphatic heterocycles. The summed E-state index contributed by atoms with van der Waals surface area (Å²) >= 11 is 0. The lowest BCUT2D eigenvalue weighted by atomic mass is 9.88. The van der Waals surface area contributed by atoms with Crippen molar-refractivity contribution in [1.82, 2.24) is 0 Å². The Morgan fingerprint density at radius 1 is 0.559 bits per heavy atom. The molecule has 0 aliphatic rings. The zero-order valence-corrected chi connectivity index (χ0v) is 17.6. The van der Waals surface area contributed by atoms with Gasteiger partial charge in [0.05, 0.1) is 13.2 Å². The first kappa shape index (κ1) is 32.9. The Labute approximate surface area is 180 Å². The lowest BCUT2D eigenvalue weighted by Crippen LogP contribution is -2.74. The van der Waals surface area contributed by atoms with Crippen LogP contribution in [-0.2, 0) is 4.43 Å². The average molecular weight is 566 g/mol. The predicted octanol–water partition coefficient (Wildman–Crippen LogP) is 6.60. The Morgan fingerprint density at radius 3 is 1.21 bits per heavy atom. The Kier molecular flexibility index (Phi) is 8.83. The van der Waals surface area contributed by atoms with Gasteiger partial charge in [-0.05, 0) is 19.1 Å². The minimum atomic E-state index is -8.62. The number of hydrogen-bond acceptors (Lipinski definition) is 2. The van der Waals surface area contributed by atoms with Gasteiger partial charge in [0.2, 0.25) is 0 Å². The minimum absolute atomic E-state index is 0.579. The zero-order valence-electron chi connectivity index (χ0n) is 16.6. The Hall–Kier alpha value is -1.05. The first-order chi connectivity index (χ1) is 14.5. The van der Waals surface area contributed by atoms with Crippen LogP contribution in [0.5, 0.6) is 0 Å². The molecule has 0 saturated carbocycles. The summed E-state index contributed by atoms with van der Waals surface area (Å²) in [6, 6.07) is -1.30. The smallest absolute Gasteiger partial charge is 0.415 e. The summed E-state index contributed by atoms with van der Waals surface area (Å²) < 4.78 is 228. The van der Waals surface area contributed by atoms with E-state index in [-0.39, 0.29) is 0 Å². The summed E-state index contributed by atoms with van der Waals surface area (Å²) in [5.74, 6) is -56.2. The third kappa shape index (κ3) is 5.08. The van der Waals surface area contributed by atoms with Crippen molar-refractivity contribution in [1.29, 1.82) is 0 Å². The molecule has 0 radical (unpaired) electrons. The van der Waals surface area contributed by atoms with Gasteiger partial charge in [0.1, 0.15) is 0 Å². The number of halogens is 17. The Morgan fingerprint density at radius 2 is 0.882 bits per heavy atom. The van der Waals surface area contributed by atoms with Crippen LogP contribution in [0.1, 0.15) is 6.42 Å². The van der Waals surface area contributed by atoms with E-state index < -0.39 is 81.6 Å². The van der Waals surface area contributed by atoms with Crippen molar-refractivity contribution in [3.05, 3.63) is 0 Å². The van der Waals surface area contributed by atoms with Gasteiger partial charge in [-0.1, -0.05) is 0 Å². The quantitative estimate of drug-likeness (QED) is 0.213. The second kappa shape index (κ2) is 9.11. The highest BCUT2D eigenvalue weighted by molar-refractivity contribution is 6.71. The van der Waals surface area contributed by atoms with Crippen LogP contribution in [0.15, 0.2) is 0 Å². The van der Waals surface area contributed by atoms with Crippen molar-refractivity contribution in [2.75, 3.05) is 13.2 Å². The summed E-state index contributed by atoms with van der Waals surface area (Å²) in [7, 11) is -3.53. The minimum Gasteiger partial charge on any atom is -0.415 e. The van der Waals surface area contributed by atoms with Crippen molar-refractivity contribution < 1.29 is 84.2 Å². The van der Waals surface area contributed by atoms with E-state index in [0.717, 1.165) is 13.1 Å². The zero-order chi connectivity index (χ0) is 28.0. The Bertz CT molecular complexity index is 701. The van der Waals surface area contributed by atoms with E-state index in [4.69, 9.17) is 9.53 Å². The van der Waals surface area contributed by atoms with E-state index in [1.165, 1.54) is 0 Å². The van der Waals surface area contributed by atoms with Gasteiger partial charge in [0.25, 0.3) is 0 Å². The number of alkyl halides is 17. The van der Waals surface area contributed by atoms with Crippen molar-refractivity contribution in [2.24, 2.45) is 0 Å². The van der Waals surface area contributed by atoms with Crippen LogP contribution in [0.25, 0.3) is 0 Å². The van der Waals surface area contributed by atoms with Gasteiger partial charge in [-0.25, -0.2) is 0 Å². The molecule has 20 heteroatoms. The highest BCUT2D eigenvalue weighted by atomic mass is 28.4. The third-order valence-corrected chi connectivity index (χ3v) is 6.85. The first-order valence-corrected chi connectivity index (χ1v) is 11.6. The fraction of sp³-hybridized carbons (Fsp3) is 1.00. The molecule has 34 heavy (non-hydrogen) atoms. The predicted molar refractivity (Wildman–Crippen MR) is 80.6 cm³/mol. The van der Waals surface area contributed by atoms with Crippen LogP contribution < -0.4 is 0 Å². The number of hydrogen-bond donors (Lipinski definition) is 1. The topological polar surface area (TPSA) is 29.5 Å². The van der Waals surface area contributed by atoms with Gasteiger partial charge >= 0.3 is 47.6 Å². The lowest BCUT2D eigenvalue weighted by molar-refractivity contribution is -0.461. The largest absolute Gasteiger partial charge is 0.460 e. The number of rotatable bonds is 12. The van der Waals surface area contributed by atoms with Gasteiger partial charge in [0.15, 0.2) is 8.32 Å². The van der Waals surface area contributed by atoms with Crippen molar-refractivity contribution in [2.45, 2.75) is 73.2 Å². The Balaban J connectivity index is 6.40. The molecule has 0 aromatic carbocycles. The molecule has 0 saturated heterocycles. The van der Waals surface area contributed by atoms with E-state index in [9.17, 15) is 74.6 Å². The van der Waals surface area contributed by atoms with Crippen LogP contribution >= 0.6 is 0 Å². The van der Waals surface area contributed by atoms with E-state index in [0.29, 0.717) is 0 Å². The molecule has 0 aromatic rings. The second-order valence-corrected chi connectivity index (χ2v) is 11.8. The van der Waals surface area contributed by atoms with Gasteiger partial charge < -0.3 is 9.53 Å².